The highest BCUT2D eigenvalue weighted by Gasteiger charge is 2.46. The zero-order valence-corrected chi connectivity index (χ0v) is 22.7. The first-order valence-electron chi connectivity index (χ1n) is 11.8. The summed E-state index contributed by atoms with van der Waals surface area (Å²) < 4.78 is 22.0. The Morgan fingerprint density at radius 2 is 1.68 bits per heavy atom. The maximum absolute atomic E-state index is 13.4. The van der Waals surface area contributed by atoms with Gasteiger partial charge in [-0.3, -0.25) is 9.59 Å². The average Bonchev–Trinajstić information content (AvgIpc) is 3.14. The first kappa shape index (κ1) is 28.1. The van der Waals surface area contributed by atoms with Gasteiger partial charge >= 0.3 is 0 Å². The van der Waals surface area contributed by atoms with Gasteiger partial charge in [0, 0.05) is 19.2 Å². The molecule has 1 aliphatic heterocycles. The van der Waals surface area contributed by atoms with Crippen molar-refractivity contribution in [1.29, 1.82) is 0 Å². The minimum Gasteiger partial charge on any atom is -0.507 e. The van der Waals surface area contributed by atoms with Crippen LogP contribution in [0.1, 0.15) is 30.5 Å². The molecule has 0 radical (unpaired) electrons. The Bertz CT molecular complexity index is 1200. The Kier molecular flexibility index (Phi) is 9.29. The molecule has 3 rings (SSSR count). The molecule has 1 saturated heterocycles. The molecule has 1 amide bonds. The lowest BCUT2D eigenvalue weighted by Gasteiger charge is -2.27. The summed E-state index contributed by atoms with van der Waals surface area (Å²) in [6.45, 7) is 3.22. The van der Waals surface area contributed by atoms with E-state index in [1.165, 1.54) is 38.4 Å². The van der Waals surface area contributed by atoms with Crippen molar-refractivity contribution in [3.05, 3.63) is 52.1 Å². The molecule has 10 heteroatoms. The van der Waals surface area contributed by atoms with E-state index in [-0.39, 0.29) is 28.5 Å². The predicted octanol–water partition coefficient (Wildman–Crippen LogP) is 4.14. The standard InChI is InChI=1S/C27H33ClN2O7/c1-7-12-37-22-13-16(8-9-19(22)34-4)24-23(26(32)27(33)30(24)11-10-29(2)3)25(31)17-14-18(28)21(36-6)15-20(17)35-5/h8-9,13-15,24,31H,7,10-12H2,1-6H3/b25-23+. The van der Waals surface area contributed by atoms with Crippen molar-refractivity contribution >= 4 is 29.1 Å². The number of ketones is 1. The SMILES string of the molecule is CCCOc1cc(C2/C(=C(\O)c3cc(Cl)c(OC)cc3OC)C(=O)C(=O)N2CCN(C)C)ccc1OC. The molecule has 0 aliphatic carbocycles. The molecular formula is C27H33ClN2O7. The van der Waals surface area contributed by atoms with Crippen LogP contribution in [0.15, 0.2) is 35.9 Å². The van der Waals surface area contributed by atoms with Crippen molar-refractivity contribution in [2.75, 3.05) is 55.1 Å². The molecule has 37 heavy (non-hydrogen) atoms. The summed E-state index contributed by atoms with van der Waals surface area (Å²) in [5, 5.41) is 11.7. The average molecular weight is 533 g/mol. The van der Waals surface area contributed by atoms with E-state index < -0.39 is 23.5 Å². The van der Waals surface area contributed by atoms with Crippen LogP contribution >= 0.6 is 11.6 Å². The molecule has 1 aliphatic rings. The zero-order valence-electron chi connectivity index (χ0n) is 22.0. The number of ether oxygens (including phenoxy) is 4. The number of likely N-dealkylation sites (tertiary alicyclic amines) is 1. The zero-order chi connectivity index (χ0) is 27.3. The highest BCUT2D eigenvalue weighted by molar-refractivity contribution is 6.46. The van der Waals surface area contributed by atoms with Gasteiger partial charge in [-0.25, -0.2) is 0 Å². The van der Waals surface area contributed by atoms with Crippen LogP contribution < -0.4 is 18.9 Å². The molecule has 1 heterocycles. The number of rotatable bonds is 11. The van der Waals surface area contributed by atoms with E-state index >= 15 is 0 Å². The molecule has 0 spiro atoms. The Labute approximate surface area is 222 Å². The third-order valence-electron chi connectivity index (χ3n) is 6.02. The van der Waals surface area contributed by atoms with Crippen molar-refractivity contribution in [3.8, 4) is 23.0 Å². The van der Waals surface area contributed by atoms with Gasteiger partial charge in [-0.2, -0.15) is 0 Å². The number of carbonyl (C=O) groups is 2. The number of amides is 1. The maximum atomic E-state index is 13.4. The molecule has 1 unspecified atom stereocenters. The lowest BCUT2D eigenvalue weighted by molar-refractivity contribution is -0.140. The summed E-state index contributed by atoms with van der Waals surface area (Å²) in [6, 6.07) is 7.29. The Balaban J connectivity index is 2.25. The topological polar surface area (TPSA) is 97.8 Å². The van der Waals surface area contributed by atoms with Crippen LogP contribution in [0.5, 0.6) is 23.0 Å². The van der Waals surface area contributed by atoms with Crippen LogP contribution in [0.4, 0.5) is 0 Å². The normalized spacial score (nSPS) is 16.9. The molecule has 2 aromatic carbocycles. The number of likely N-dealkylation sites (N-methyl/N-ethyl adjacent to an activating group) is 1. The molecule has 0 aromatic heterocycles. The molecule has 0 saturated carbocycles. The van der Waals surface area contributed by atoms with Crippen LogP contribution in [0, 0.1) is 0 Å². The molecule has 9 nitrogen and oxygen atoms in total. The van der Waals surface area contributed by atoms with E-state index in [1.54, 1.807) is 18.2 Å². The number of carbonyl (C=O) groups excluding carboxylic acids is 2. The third-order valence-corrected chi connectivity index (χ3v) is 6.32. The van der Waals surface area contributed by atoms with Gasteiger partial charge in [0.05, 0.1) is 50.1 Å². The van der Waals surface area contributed by atoms with Gasteiger partial charge in [0.25, 0.3) is 11.7 Å². The highest BCUT2D eigenvalue weighted by atomic mass is 35.5. The number of hydrogen-bond acceptors (Lipinski definition) is 8. The van der Waals surface area contributed by atoms with E-state index in [4.69, 9.17) is 30.5 Å². The Morgan fingerprint density at radius 3 is 2.27 bits per heavy atom. The van der Waals surface area contributed by atoms with Gasteiger partial charge in [0.1, 0.15) is 17.3 Å². The number of aliphatic hydroxyl groups is 1. The molecule has 1 atom stereocenters. The van der Waals surface area contributed by atoms with E-state index in [1.807, 2.05) is 25.9 Å². The van der Waals surface area contributed by atoms with Crippen LogP contribution in [0.25, 0.3) is 5.76 Å². The second kappa shape index (κ2) is 12.2. The third kappa shape index (κ3) is 5.78. The largest absolute Gasteiger partial charge is 0.507 e. The van der Waals surface area contributed by atoms with Crippen LogP contribution in [0.3, 0.4) is 0 Å². The number of halogens is 1. The number of hydrogen-bond donors (Lipinski definition) is 1. The highest BCUT2D eigenvalue weighted by Crippen LogP contribution is 2.44. The molecule has 1 fully saturated rings. The second-order valence-corrected chi connectivity index (χ2v) is 9.15. The number of Topliss-reactive ketones (excluding diaryl/α,β-unsaturated/α-hetero) is 1. The summed E-state index contributed by atoms with van der Waals surface area (Å²) in [7, 11) is 8.17. The van der Waals surface area contributed by atoms with Crippen LogP contribution in [-0.4, -0.2) is 81.7 Å². The lowest BCUT2D eigenvalue weighted by atomic mass is 9.94. The fourth-order valence-corrected chi connectivity index (χ4v) is 4.38. The fourth-order valence-electron chi connectivity index (χ4n) is 4.14. The number of methoxy groups -OCH3 is 3. The van der Waals surface area contributed by atoms with Gasteiger partial charge in [0.15, 0.2) is 11.5 Å². The first-order valence-corrected chi connectivity index (χ1v) is 12.2. The van der Waals surface area contributed by atoms with E-state index in [2.05, 4.69) is 0 Å². The summed E-state index contributed by atoms with van der Waals surface area (Å²) in [6.07, 6.45) is 0.784. The molecule has 200 valence electrons. The van der Waals surface area contributed by atoms with Gasteiger partial charge in [-0.05, 0) is 44.3 Å². The molecule has 1 N–H and O–H groups in total. The summed E-state index contributed by atoms with van der Waals surface area (Å²) in [5.41, 5.74) is 0.680. The van der Waals surface area contributed by atoms with Gasteiger partial charge in [0.2, 0.25) is 0 Å². The molecule has 0 bridgehead atoms. The Hall–Kier alpha value is -3.43. The summed E-state index contributed by atoms with van der Waals surface area (Å²) in [4.78, 5) is 30.0. The van der Waals surface area contributed by atoms with Crippen molar-refractivity contribution in [3.63, 3.8) is 0 Å². The Morgan fingerprint density at radius 1 is 1.00 bits per heavy atom. The van der Waals surface area contributed by atoms with Crippen molar-refractivity contribution < 1.29 is 33.6 Å². The monoisotopic (exact) mass is 532 g/mol. The van der Waals surface area contributed by atoms with Gasteiger partial charge in [-0.15, -0.1) is 0 Å². The van der Waals surface area contributed by atoms with Gasteiger partial charge in [-0.1, -0.05) is 24.6 Å². The minimum absolute atomic E-state index is 0.0742. The molecular weight excluding hydrogens is 500 g/mol. The van der Waals surface area contributed by atoms with E-state index in [0.29, 0.717) is 36.0 Å². The predicted molar refractivity (Wildman–Crippen MR) is 141 cm³/mol. The first-order chi connectivity index (χ1) is 17.7. The van der Waals surface area contributed by atoms with Crippen LogP contribution in [-0.2, 0) is 9.59 Å². The maximum Gasteiger partial charge on any atom is 0.295 e. The second-order valence-electron chi connectivity index (χ2n) is 8.74. The van der Waals surface area contributed by atoms with Crippen LogP contribution in [0.2, 0.25) is 5.02 Å². The fraction of sp³-hybridized carbons (Fsp3) is 0.407. The number of nitrogens with zero attached hydrogens (tertiary/aromatic N) is 2. The molecule has 2 aromatic rings. The number of aliphatic hydroxyl groups excluding tert-OH is 1. The van der Waals surface area contributed by atoms with Gasteiger partial charge < -0.3 is 33.9 Å². The van der Waals surface area contributed by atoms with E-state index in [9.17, 15) is 14.7 Å². The van der Waals surface area contributed by atoms with E-state index in [0.717, 1.165) is 6.42 Å². The van der Waals surface area contributed by atoms with Crippen molar-refractivity contribution in [1.82, 2.24) is 9.80 Å². The minimum atomic E-state index is -0.875. The summed E-state index contributed by atoms with van der Waals surface area (Å²) >= 11 is 6.33. The number of benzene rings is 2. The van der Waals surface area contributed by atoms with Crippen molar-refractivity contribution in [2.45, 2.75) is 19.4 Å². The smallest absolute Gasteiger partial charge is 0.295 e. The quantitative estimate of drug-likeness (QED) is 0.262. The summed E-state index contributed by atoms with van der Waals surface area (Å²) in [5.74, 6) is -0.342. The van der Waals surface area contributed by atoms with Crippen molar-refractivity contribution in [2.24, 2.45) is 0 Å². The lowest BCUT2D eigenvalue weighted by Crippen LogP contribution is -2.35.